The zero-order valence-electron chi connectivity index (χ0n) is 9.15. The highest BCUT2D eigenvalue weighted by Gasteiger charge is 2.03. The van der Waals surface area contributed by atoms with Gasteiger partial charge in [-0.15, -0.1) is 0 Å². The van der Waals surface area contributed by atoms with E-state index in [0.717, 1.165) is 17.3 Å². The Balaban J connectivity index is 2.75. The van der Waals surface area contributed by atoms with E-state index >= 15 is 0 Å². The van der Waals surface area contributed by atoms with Crippen LogP contribution < -0.4 is 5.32 Å². The van der Waals surface area contributed by atoms with Crippen molar-refractivity contribution in [3.05, 3.63) is 28.3 Å². The van der Waals surface area contributed by atoms with Crippen molar-refractivity contribution in [2.24, 2.45) is 0 Å². The fourth-order valence-corrected chi connectivity index (χ4v) is 1.92. The van der Waals surface area contributed by atoms with Crippen LogP contribution in [0.5, 0.6) is 0 Å². The normalized spacial score (nSPS) is 10.3. The fraction of sp³-hybridized carbons (Fsp3) is 0.500. The fourth-order valence-electron chi connectivity index (χ4n) is 1.53. The van der Waals surface area contributed by atoms with Gasteiger partial charge in [0.25, 0.3) is 0 Å². The third kappa shape index (κ3) is 2.91. The molecule has 0 radical (unpaired) electrons. The molecule has 1 nitrogen and oxygen atoms in total. The first-order chi connectivity index (χ1) is 6.65. The summed E-state index contributed by atoms with van der Waals surface area (Å²) in [4.78, 5) is 0. The van der Waals surface area contributed by atoms with Crippen LogP contribution in [-0.4, -0.2) is 6.54 Å². The predicted molar refractivity (Wildman–Crippen MR) is 64.3 cm³/mol. The van der Waals surface area contributed by atoms with Crippen LogP contribution >= 0.6 is 11.6 Å². The molecule has 0 unspecified atom stereocenters. The number of anilines is 1. The maximum atomic E-state index is 6.15. The van der Waals surface area contributed by atoms with Crippen LogP contribution in [0.15, 0.2) is 12.1 Å². The number of benzene rings is 1. The Morgan fingerprint density at radius 1 is 1.29 bits per heavy atom. The highest BCUT2D eigenvalue weighted by Crippen LogP contribution is 2.27. The monoisotopic (exact) mass is 211 g/mol. The first-order valence-electron chi connectivity index (χ1n) is 5.15. The van der Waals surface area contributed by atoms with Crippen molar-refractivity contribution in [1.29, 1.82) is 0 Å². The standard InChI is InChI=1S/C12H18ClN/c1-4-5-6-14-12-10(3)7-9(2)8-11(12)13/h7-8,14H,4-6H2,1-3H3. The molecule has 0 aliphatic carbocycles. The molecule has 0 amide bonds. The van der Waals surface area contributed by atoms with Crippen molar-refractivity contribution in [2.45, 2.75) is 33.6 Å². The van der Waals surface area contributed by atoms with E-state index in [2.05, 4.69) is 32.2 Å². The molecule has 0 saturated carbocycles. The van der Waals surface area contributed by atoms with Gasteiger partial charge >= 0.3 is 0 Å². The average molecular weight is 212 g/mol. The summed E-state index contributed by atoms with van der Waals surface area (Å²) in [6, 6.07) is 4.16. The summed E-state index contributed by atoms with van der Waals surface area (Å²) in [7, 11) is 0. The van der Waals surface area contributed by atoms with E-state index in [1.165, 1.54) is 24.0 Å². The highest BCUT2D eigenvalue weighted by molar-refractivity contribution is 6.33. The molecule has 0 atom stereocenters. The maximum Gasteiger partial charge on any atom is 0.0642 e. The molecule has 1 aromatic rings. The molecule has 0 aliphatic heterocycles. The minimum absolute atomic E-state index is 0.832. The summed E-state index contributed by atoms with van der Waals surface area (Å²) in [6.45, 7) is 7.34. The van der Waals surface area contributed by atoms with Crippen LogP contribution in [0.1, 0.15) is 30.9 Å². The van der Waals surface area contributed by atoms with Crippen LogP contribution in [-0.2, 0) is 0 Å². The van der Waals surface area contributed by atoms with Crippen molar-refractivity contribution in [2.75, 3.05) is 11.9 Å². The smallest absolute Gasteiger partial charge is 0.0642 e. The lowest BCUT2D eigenvalue weighted by Crippen LogP contribution is -2.03. The Kier molecular flexibility index (Phi) is 4.27. The molecular weight excluding hydrogens is 194 g/mol. The average Bonchev–Trinajstić information content (AvgIpc) is 2.09. The SMILES string of the molecule is CCCCNc1c(C)cc(C)cc1Cl. The van der Waals surface area contributed by atoms with Crippen molar-refractivity contribution in [3.63, 3.8) is 0 Å². The third-order valence-electron chi connectivity index (χ3n) is 2.26. The molecule has 0 bridgehead atoms. The molecule has 0 spiro atoms. The van der Waals surface area contributed by atoms with Crippen LogP contribution in [0.4, 0.5) is 5.69 Å². The second kappa shape index (κ2) is 5.26. The summed E-state index contributed by atoms with van der Waals surface area (Å²) < 4.78 is 0. The summed E-state index contributed by atoms with van der Waals surface area (Å²) >= 11 is 6.15. The summed E-state index contributed by atoms with van der Waals surface area (Å²) in [6.07, 6.45) is 2.39. The van der Waals surface area contributed by atoms with Gasteiger partial charge in [0, 0.05) is 6.54 Å². The Morgan fingerprint density at radius 2 is 2.00 bits per heavy atom. The molecule has 2 heteroatoms. The summed E-state index contributed by atoms with van der Waals surface area (Å²) in [5, 5.41) is 4.21. The Bertz CT molecular complexity index is 284. The van der Waals surface area contributed by atoms with Gasteiger partial charge in [-0.25, -0.2) is 0 Å². The molecule has 0 fully saturated rings. The van der Waals surface area contributed by atoms with Gasteiger partial charge in [0.1, 0.15) is 0 Å². The van der Waals surface area contributed by atoms with E-state index in [9.17, 15) is 0 Å². The number of hydrogen-bond donors (Lipinski definition) is 1. The molecule has 1 aromatic carbocycles. The third-order valence-corrected chi connectivity index (χ3v) is 2.56. The second-order valence-electron chi connectivity index (χ2n) is 3.72. The zero-order valence-corrected chi connectivity index (χ0v) is 9.91. The number of hydrogen-bond acceptors (Lipinski definition) is 1. The van der Waals surface area contributed by atoms with Gasteiger partial charge in [-0.3, -0.25) is 0 Å². The molecule has 0 aliphatic rings. The van der Waals surface area contributed by atoms with E-state index in [1.54, 1.807) is 0 Å². The second-order valence-corrected chi connectivity index (χ2v) is 4.13. The molecule has 1 rings (SSSR count). The van der Waals surface area contributed by atoms with Gasteiger partial charge in [0.05, 0.1) is 10.7 Å². The van der Waals surface area contributed by atoms with E-state index < -0.39 is 0 Å². The number of nitrogens with one attached hydrogen (secondary N) is 1. The van der Waals surface area contributed by atoms with Crippen molar-refractivity contribution >= 4 is 17.3 Å². The van der Waals surface area contributed by atoms with Gasteiger partial charge in [-0.05, 0) is 37.5 Å². The molecular formula is C12H18ClN. The molecule has 0 saturated heterocycles. The van der Waals surface area contributed by atoms with Crippen LogP contribution in [0.25, 0.3) is 0 Å². The number of unbranched alkanes of at least 4 members (excludes halogenated alkanes) is 1. The molecule has 0 aromatic heterocycles. The molecule has 0 heterocycles. The van der Waals surface area contributed by atoms with Crippen LogP contribution in [0.2, 0.25) is 5.02 Å². The zero-order chi connectivity index (χ0) is 10.6. The van der Waals surface area contributed by atoms with E-state index in [1.807, 2.05) is 6.07 Å². The summed E-state index contributed by atoms with van der Waals surface area (Å²) in [5.41, 5.74) is 3.53. The maximum absolute atomic E-state index is 6.15. The van der Waals surface area contributed by atoms with Crippen LogP contribution in [0.3, 0.4) is 0 Å². The quantitative estimate of drug-likeness (QED) is 0.738. The lowest BCUT2D eigenvalue weighted by Gasteiger charge is -2.11. The van der Waals surface area contributed by atoms with Gasteiger partial charge in [0.15, 0.2) is 0 Å². The first kappa shape index (κ1) is 11.4. The lowest BCUT2D eigenvalue weighted by atomic mass is 10.1. The van der Waals surface area contributed by atoms with Gasteiger partial charge in [0.2, 0.25) is 0 Å². The van der Waals surface area contributed by atoms with Crippen molar-refractivity contribution < 1.29 is 0 Å². The number of rotatable bonds is 4. The Morgan fingerprint density at radius 3 is 2.57 bits per heavy atom. The highest BCUT2D eigenvalue weighted by atomic mass is 35.5. The number of halogens is 1. The minimum Gasteiger partial charge on any atom is -0.384 e. The lowest BCUT2D eigenvalue weighted by molar-refractivity contribution is 0.833. The van der Waals surface area contributed by atoms with Gasteiger partial charge in [-0.2, -0.15) is 0 Å². The predicted octanol–water partition coefficient (Wildman–Crippen LogP) is 4.17. The first-order valence-corrected chi connectivity index (χ1v) is 5.53. The van der Waals surface area contributed by atoms with E-state index in [0.29, 0.717) is 0 Å². The van der Waals surface area contributed by atoms with Crippen LogP contribution in [0, 0.1) is 13.8 Å². The Hall–Kier alpha value is -0.690. The minimum atomic E-state index is 0.832. The van der Waals surface area contributed by atoms with Crippen molar-refractivity contribution in [1.82, 2.24) is 0 Å². The molecule has 1 N–H and O–H groups in total. The molecule has 78 valence electrons. The van der Waals surface area contributed by atoms with Gasteiger partial charge < -0.3 is 5.32 Å². The largest absolute Gasteiger partial charge is 0.384 e. The van der Waals surface area contributed by atoms with Crippen molar-refractivity contribution in [3.8, 4) is 0 Å². The summed E-state index contributed by atoms with van der Waals surface area (Å²) in [5.74, 6) is 0. The molecule has 14 heavy (non-hydrogen) atoms. The Labute approximate surface area is 91.5 Å². The van der Waals surface area contributed by atoms with Gasteiger partial charge in [-0.1, -0.05) is 31.0 Å². The topological polar surface area (TPSA) is 12.0 Å². The number of aryl methyl sites for hydroxylation is 2. The van der Waals surface area contributed by atoms with E-state index in [-0.39, 0.29) is 0 Å². The van der Waals surface area contributed by atoms with E-state index in [4.69, 9.17) is 11.6 Å².